The van der Waals surface area contributed by atoms with E-state index in [1.807, 2.05) is 34.9 Å². The summed E-state index contributed by atoms with van der Waals surface area (Å²) in [6.45, 7) is 1.73. The summed E-state index contributed by atoms with van der Waals surface area (Å²) in [6.07, 6.45) is 2.13. The van der Waals surface area contributed by atoms with Crippen LogP contribution in [0, 0.1) is 5.92 Å². The Labute approximate surface area is 164 Å². The number of hydrogen-bond acceptors (Lipinski definition) is 4. The van der Waals surface area contributed by atoms with E-state index in [0.29, 0.717) is 19.6 Å². The molecular formula is C21H24N2O4S. The Balaban J connectivity index is 1.61. The van der Waals surface area contributed by atoms with Crippen LogP contribution in [0.5, 0.6) is 0 Å². The number of rotatable bonds is 4. The molecule has 0 unspecified atom stereocenters. The average Bonchev–Trinajstić information content (AvgIpc) is 2.66. The highest BCUT2D eigenvalue weighted by atomic mass is 32.2. The number of piperidine rings is 1. The van der Waals surface area contributed by atoms with E-state index < -0.39 is 9.84 Å². The van der Waals surface area contributed by atoms with Crippen molar-refractivity contribution in [2.75, 3.05) is 25.1 Å². The number of benzene rings is 1. The van der Waals surface area contributed by atoms with Crippen LogP contribution in [-0.2, 0) is 21.2 Å². The lowest BCUT2D eigenvalue weighted by molar-refractivity contribution is -0.133. The maximum Gasteiger partial charge on any atom is 0.251 e. The highest BCUT2D eigenvalue weighted by Crippen LogP contribution is 2.36. The molecule has 6 nitrogen and oxygen atoms in total. The fraction of sp³-hybridized carbons (Fsp3) is 0.429. The predicted octanol–water partition coefficient (Wildman–Crippen LogP) is 1.90. The van der Waals surface area contributed by atoms with Crippen LogP contribution in [0.15, 0.2) is 47.3 Å². The van der Waals surface area contributed by atoms with Gasteiger partial charge in [0, 0.05) is 50.0 Å². The first-order valence-corrected chi connectivity index (χ1v) is 11.6. The van der Waals surface area contributed by atoms with E-state index in [0.717, 1.165) is 29.5 Å². The second-order valence-corrected chi connectivity index (χ2v) is 10.2. The number of nitrogens with zero attached hydrogens (tertiary/aromatic N) is 2. The van der Waals surface area contributed by atoms with Crippen LogP contribution in [0.3, 0.4) is 0 Å². The zero-order valence-corrected chi connectivity index (χ0v) is 16.7. The van der Waals surface area contributed by atoms with Gasteiger partial charge < -0.3 is 9.47 Å². The van der Waals surface area contributed by atoms with Crippen LogP contribution in [0.2, 0.25) is 0 Å². The van der Waals surface area contributed by atoms with Gasteiger partial charge in [-0.15, -0.1) is 0 Å². The van der Waals surface area contributed by atoms with Crippen molar-refractivity contribution in [2.45, 2.75) is 25.3 Å². The fourth-order valence-corrected chi connectivity index (χ4v) is 4.94. The normalized spacial score (nSPS) is 21.2. The maximum atomic E-state index is 12.7. The lowest BCUT2D eigenvalue weighted by atomic mass is 9.82. The van der Waals surface area contributed by atoms with Crippen LogP contribution >= 0.6 is 0 Å². The molecule has 1 aromatic carbocycles. The second-order valence-electron chi connectivity index (χ2n) is 7.96. The zero-order chi connectivity index (χ0) is 19.9. The minimum Gasteiger partial charge on any atom is -0.342 e. The summed E-state index contributed by atoms with van der Waals surface area (Å²) in [4.78, 5) is 27.1. The highest BCUT2D eigenvalue weighted by molar-refractivity contribution is 7.90. The van der Waals surface area contributed by atoms with E-state index in [4.69, 9.17) is 0 Å². The van der Waals surface area contributed by atoms with Crippen LogP contribution in [-0.4, -0.2) is 48.9 Å². The van der Waals surface area contributed by atoms with Crippen molar-refractivity contribution in [3.8, 4) is 11.1 Å². The third-order valence-corrected chi connectivity index (χ3v) is 6.65. The van der Waals surface area contributed by atoms with E-state index in [9.17, 15) is 18.0 Å². The summed E-state index contributed by atoms with van der Waals surface area (Å²) in [7, 11) is -3.16. The number of amides is 1. The summed E-state index contributed by atoms with van der Waals surface area (Å²) >= 11 is 0. The van der Waals surface area contributed by atoms with Gasteiger partial charge in [-0.05, 0) is 29.5 Å². The lowest BCUT2D eigenvalue weighted by Crippen LogP contribution is -2.49. The van der Waals surface area contributed by atoms with Gasteiger partial charge in [0.25, 0.3) is 5.56 Å². The molecule has 28 heavy (non-hydrogen) atoms. The number of pyridine rings is 1. The molecule has 2 atom stereocenters. The Morgan fingerprint density at radius 2 is 1.82 bits per heavy atom. The molecule has 2 aliphatic rings. The fourth-order valence-electron chi connectivity index (χ4n) is 4.39. The van der Waals surface area contributed by atoms with E-state index in [-0.39, 0.29) is 35.5 Å². The molecule has 0 radical (unpaired) electrons. The largest absolute Gasteiger partial charge is 0.342 e. The molecule has 2 aliphatic heterocycles. The summed E-state index contributed by atoms with van der Waals surface area (Å²) in [5.41, 5.74) is 2.88. The van der Waals surface area contributed by atoms with Gasteiger partial charge in [-0.2, -0.15) is 0 Å². The van der Waals surface area contributed by atoms with Crippen molar-refractivity contribution in [1.82, 2.24) is 9.47 Å². The molecule has 0 saturated carbocycles. The van der Waals surface area contributed by atoms with E-state index in [1.54, 1.807) is 11.0 Å². The van der Waals surface area contributed by atoms with Crippen molar-refractivity contribution >= 4 is 15.7 Å². The Kier molecular flexibility index (Phi) is 4.87. The number of hydrogen-bond donors (Lipinski definition) is 0. The van der Waals surface area contributed by atoms with Gasteiger partial charge in [0.15, 0.2) is 0 Å². The number of likely N-dealkylation sites (tertiary alicyclic amines) is 1. The molecule has 2 bridgehead atoms. The molecule has 4 rings (SSSR count). The number of aromatic nitrogens is 1. The SMILES string of the molecule is CS(=O)(=O)CCC(=O)N1C[C@@H]2C[C@H](C1)c1cc(-c3ccccc3)cc(=O)n1C2. The molecule has 1 fully saturated rings. The first-order valence-electron chi connectivity index (χ1n) is 9.56. The zero-order valence-electron chi connectivity index (χ0n) is 15.9. The standard InChI is InChI=1S/C21H24N2O4S/c1-28(26,27)8-7-20(24)22-12-15-9-18(14-22)19-10-17(11-21(25)23(19)13-15)16-5-3-2-4-6-16/h2-6,10-11,15,18H,7-9,12-14H2,1H3/t15-,18+/m0/s1. The summed E-state index contributed by atoms with van der Waals surface area (Å²) in [6, 6.07) is 13.6. The Morgan fingerprint density at radius 3 is 2.54 bits per heavy atom. The van der Waals surface area contributed by atoms with E-state index in [2.05, 4.69) is 6.07 Å². The molecule has 0 aliphatic carbocycles. The summed E-state index contributed by atoms with van der Waals surface area (Å²) < 4.78 is 24.6. The van der Waals surface area contributed by atoms with Gasteiger partial charge in [-0.1, -0.05) is 30.3 Å². The van der Waals surface area contributed by atoms with Crippen LogP contribution in [0.4, 0.5) is 0 Å². The molecule has 2 aromatic rings. The molecule has 1 saturated heterocycles. The molecular weight excluding hydrogens is 376 g/mol. The van der Waals surface area contributed by atoms with Crippen LogP contribution in [0.25, 0.3) is 11.1 Å². The van der Waals surface area contributed by atoms with Gasteiger partial charge in [0.2, 0.25) is 5.91 Å². The highest BCUT2D eigenvalue weighted by Gasteiger charge is 2.36. The minimum atomic E-state index is -3.16. The topological polar surface area (TPSA) is 76.5 Å². The van der Waals surface area contributed by atoms with Gasteiger partial charge in [0.1, 0.15) is 9.84 Å². The second kappa shape index (κ2) is 7.20. The molecule has 148 valence electrons. The van der Waals surface area contributed by atoms with Crippen molar-refractivity contribution in [3.63, 3.8) is 0 Å². The maximum absolute atomic E-state index is 12.7. The molecule has 3 heterocycles. The van der Waals surface area contributed by atoms with Crippen molar-refractivity contribution in [1.29, 1.82) is 0 Å². The summed E-state index contributed by atoms with van der Waals surface area (Å²) in [5, 5.41) is 0. The number of carbonyl (C=O) groups is 1. The first-order chi connectivity index (χ1) is 13.3. The first kappa shape index (κ1) is 18.9. The Hall–Kier alpha value is -2.41. The molecule has 0 N–H and O–H groups in total. The lowest BCUT2D eigenvalue weighted by Gasteiger charge is -2.43. The van der Waals surface area contributed by atoms with Gasteiger partial charge in [-0.25, -0.2) is 8.42 Å². The van der Waals surface area contributed by atoms with Crippen molar-refractivity contribution in [3.05, 3.63) is 58.5 Å². The van der Waals surface area contributed by atoms with Crippen molar-refractivity contribution < 1.29 is 13.2 Å². The smallest absolute Gasteiger partial charge is 0.251 e. The predicted molar refractivity (Wildman–Crippen MR) is 108 cm³/mol. The monoisotopic (exact) mass is 400 g/mol. The third-order valence-electron chi connectivity index (χ3n) is 5.70. The summed E-state index contributed by atoms with van der Waals surface area (Å²) in [5.74, 6) is 0.0983. The number of sulfone groups is 1. The Bertz CT molecular complexity index is 1060. The number of carbonyl (C=O) groups excluding carboxylic acids is 1. The van der Waals surface area contributed by atoms with Gasteiger partial charge >= 0.3 is 0 Å². The quantitative estimate of drug-likeness (QED) is 0.785. The van der Waals surface area contributed by atoms with E-state index >= 15 is 0 Å². The number of fused-ring (bicyclic) bond motifs is 4. The van der Waals surface area contributed by atoms with Crippen LogP contribution < -0.4 is 5.56 Å². The van der Waals surface area contributed by atoms with Gasteiger partial charge in [-0.3, -0.25) is 9.59 Å². The van der Waals surface area contributed by atoms with Crippen molar-refractivity contribution in [2.24, 2.45) is 5.92 Å². The van der Waals surface area contributed by atoms with Crippen LogP contribution in [0.1, 0.15) is 24.5 Å². The third kappa shape index (κ3) is 3.90. The van der Waals surface area contributed by atoms with E-state index in [1.165, 1.54) is 0 Å². The molecule has 0 spiro atoms. The molecule has 7 heteroatoms. The average molecular weight is 401 g/mol. The molecule has 1 amide bonds. The Morgan fingerprint density at radius 1 is 1.07 bits per heavy atom. The van der Waals surface area contributed by atoms with Gasteiger partial charge in [0.05, 0.1) is 5.75 Å². The minimum absolute atomic E-state index is 0.00269. The molecule has 1 aromatic heterocycles.